The van der Waals surface area contributed by atoms with Crippen molar-refractivity contribution >= 4 is 0 Å². The van der Waals surface area contributed by atoms with Gasteiger partial charge in [-0.3, -0.25) is 9.97 Å². The zero-order valence-electron chi connectivity index (χ0n) is 30.7. The summed E-state index contributed by atoms with van der Waals surface area (Å²) in [7, 11) is 3.30. The molecule has 4 aromatic heterocycles. The van der Waals surface area contributed by atoms with Crippen molar-refractivity contribution < 1.29 is 38.6 Å². The predicted molar refractivity (Wildman–Crippen MR) is 197 cm³/mol. The van der Waals surface area contributed by atoms with E-state index in [-0.39, 0.29) is 0 Å². The smallest absolute Gasteiger partial charge is 0.0756 e. The Bertz CT molecular complexity index is 1430. The van der Waals surface area contributed by atoms with Gasteiger partial charge in [-0.25, -0.2) is 0 Å². The third kappa shape index (κ3) is 11.3. The number of aromatic nitrogens is 4. The molecule has 0 saturated heterocycles. The molecular formula is C40H56N4O8. The summed E-state index contributed by atoms with van der Waals surface area (Å²) in [5, 5.41) is 23.7. The van der Waals surface area contributed by atoms with Gasteiger partial charge in [0.1, 0.15) is 0 Å². The summed E-state index contributed by atoms with van der Waals surface area (Å²) in [4.78, 5) is 8.30. The molecule has 0 radical (unpaired) electrons. The van der Waals surface area contributed by atoms with E-state index < -0.39 is 24.0 Å². The fraction of sp³-hybridized carbons (Fsp3) is 0.550. The van der Waals surface area contributed by atoms with Crippen molar-refractivity contribution in [2.24, 2.45) is 0 Å². The standard InChI is InChI=1S/C40H56N4O8/c1-47-23-25-51-29-27-49-21-19-43-33(5-3-31-11-15-41-16-12-31)7-9-35(43)37-39(45)38(40(37)46)36-10-8-34(6-4-32-13-17-42-18-14-32)44(36)20-22-50-28-30-52-26-24-48-2/h7-18,37-40,45-46H,3-6,19-30H2,1-2H3. The van der Waals surface area contributed by atoms with Crippen LogP contribution in [0.1, 0.15) is 45.7 Å². The molecule has 52 heavy (non-hydrogen) atoms. The SMILES string of the molecule is COCCOCCOCCn1c(CCc2ccncc2)ccc1C1C(O)C(c2ccc(CCc3ccncc3)n2CCOCCOCCOC)C1O. The van der Waals surface area contributed by atoms with Gasteiger partial charge in [-0.2, -0.15) is 0 Å². The van der Waals surface area contributed by atoms with Crippen LogP contribution in [-0.2, 0) is 67.2 Å². The third-order valence-corrected chi connectivity index (χ3v) is 9.73. The van der Waals surface area contributed by atoms with Gasteiger partial charge in [0.2, 0.25) is 0 Å². The average Bonchev–Trinajstić information content (AvgIpc) is 3.75. The summed E-state index contributed by atoms with van der Waals surface area (Å²) >= 11 is 0. The second-order valence-corrected chi connectivity index (χ2v) is 13.0. The van der Waals surface area contributed by atoms with Gasteiger partial charge in [0.25, 0.3) is 0 Å². The van der Waals surface area contributed by atoms with Crippen LogP contribution in [0.3, 0.4) is 0 Å². The number of aryl methyl sites for hydroxylation is 4. The molecule has 0 amide bonds. The van der Waals surface area contributed by atoms with E-state index >= 15 is 0 Å². The Balaban J connectivity index is 1.27. The summed E-state index contributed by atoms with van der Waals surface area (Å²) < 4.78 is 37.5. The summed E-state index contributed by atoms with van der Waals surface area (Å²) in [5.41, 5.74) is 6.54. The maximum atomic E-state index is 11.8. The van der Waals surface area contributed by atoms with Crippen LogP contribution in [0.2, 0.25) is 0 Å². The number of aliphatic hydroxyl groups excluding tert-OH is 2. The van der Waals surface area contributed by atoms with Gasteiger partial charge in [-0.05, 0) is 85.3 Å². The first-order chi connectivity index (χ1) is 25.6. The largest absolute Gasteiger partial charge is 0.392 e. The molecule has 0 aromatic carbocycles. The zero-order valence-corrected chi connectivity index (χ0v) is 30.7. The van der Waals surface area contributed by atoms with E-state index in [2.05, 4.69) is 43.4 Å². The highest BCUT2D eigenvalue weighted by molar-refractivity contribution is 5.35. The highest BCUT2D eigenvalue weighted by Gasteiger charge is 2.52. The summed E-state index contributed by atoms with van der Waals surface area (Å²) in [6.07, 6.45) is 9.08. The van der Waals surface area contributed by atoms with Crippen molar-refractivity contribution in [3.05, 3.63) is 107 Å². The first kappa shape index (κ1) is 39.7. The van der Waals surface area contributed by atoms with Crippen molar-refractivity contribution in [3.63, 3.8) is 0 Å². The molecule has 4 aromatic rings. The van der Waals surface area contributed by atoms with Crippen molar-refractivity contribution in [2.45, 2.75) is 62.8 Å². The number of hydrogen-bond acceptors (Lipinski definition) is 10. The van der Waals surface area contributed by atoms with Gasteiger partial charge < -0.3 is 47.8 Å². The topological polar surface area (TPSA) is 131 Å². The molecule has 5 rings (SSSR count). The first-order valence-electron chi connectivity index (χ1n) is 18.4. The van der Waals surface area contributed by atoms with Gasteiger partial charge in [-0.15, -0.1) is 0 Å². The fourth-order valence-electron chi connectivity index (χ4n) is 6.91. The van der Waals surface area contributed by atoms with Crippen molar-refractivity contribution in [3.8, 4) is 0 Å². The van der Waals surface area contributed by atoms with Gasteiger partial charge >= 0.3 is 0 Å². The van der Waals surface area contributed by atoms with Crippen LogP contribution in [0.5, 0.6) is 0 Å². The number of ether oxygens (including phenoxy) is 6. The monoisotopic (exact) mass is 720 g/mol. The number of methoxy groups -OCH3 is 2. The van der Waals surface area contributed by atoms with Crippen molar-refractivity contribution in [1.82, 2.24) is 19.1 Å². The summed E-state index contributed by atoms with van der Waals surface area (Å²) in [5.74, 6) is -0.859. The molecule has 0 unspecified atom stereocenters. The minimum atomic E-state index is -0.761. The maximum absolute atomic E-state index is 11.8. The Morgan fingerprint density at radius 2 is 0.846 bits per heavy atom. The molecule has 284 valence electrons. The lowest BCUT2D eigenvalue weighted by atomic mass is 9.66. The lowest BCUT2D eigenvalue weighted by Gasteiger charge is -2.47. The molecule has 12 heteroatoms. The Morgan fingerprint density at radius 3 is 1.23 bits per heavy atom. The predicted octanol–water partition coefficient (Wildman–Crippen LogP) is 3.61. The zero-order chi connectivity index (χ0) is 36.4. The van der Waals surface area contributed by atoms with Crippen LogP contribution in [0.15, 0.2) is 73.3 Å². The number of hydrogen-bond donors (Lipinski definition) is 2. The first-order valence-corrected chi connectivity index (χ1v) is 18.4. The number of rotatable bonds is 26. The summed E-state index contributed by atoms with van der Waals surface area (Å²) in [6.45, 7) is 6.31. The molecule has 2 N–H and O–H groups in total. The van der Waals surface area contributed by atoms with E-state index in [1.54, 1.807) is 14.2 Å². The van der Waals surface area contributed by atoms with Crippen LogP contribution in [-0.4, -0.2) is 122 Å². The molecule has 0 aliphatic heterocycles. The second-order valence-electron chi connectivity index (χ2n) is 13.0. The molecule has 0 bridgehead atoms. The normalized spacial score (nSPS) is 18.5. The van der Waals surface area contributed by atoms with Crippen LogP contribution in [0.25, 0.3) is 0 Å². The minimum absolute atomic E-state index is 0.429. The van der Waals surface area contributed by atoms with E-state index in [0.717, 1.165) is 48.5 Å². The maximum Gasteiger partial charge on any atom is 0.0756 e. The Kier molecular flexibility index (Phi) is 16.8. The van der Waals surface area contributed by atoms with Gasteiger partial charge in [0, 0.05) is 74.9 Å². The average molecular weight is 721 g/mol. The molecule has 1 fully saturated rings. The van der Waals surface area contributed by atoms with Crippen LogP contribution in [0, 0.1) is 0 Å². The van der Waals surface area contributed by atoms with Gasteiger partial charge in [-0.1, -0.05) is 0 Å². The molecule has 4 heterocycles. The van der Waals surface area contributed by atoms with Gasteiger partial charge in [0.05, 0.1) is 90.1 Å². The third-order valence-electron chi connectivity index (χ3n) is 9.73. The molecule has 0 atom stereocenters. The van der Waals surface area contributed by atoms with E-state index in [4.69, 9.17) is 28.4 Å². The summed E-state index contributed by atoms with van der Waals surface area (Å²) in [6, 6.07) is 16.5. The second kappa shape index (κ2) is 21.9. The molecular weight excluding hydrogens is 664 g/mol. The number of pyridine rings is 2. The van der Waals surface area contributed by atoms with E-state index in [1.165, 1.54) is 11.1 Å². The van der Waals surface area contributed by atoms with Crippen LogP contribution in [0.4, 0.5) is 0 Å². The quantitative estimate of drug-likeness (QED) is 0.0929. The fourth-order valence-corrected chi connectivity index (χ4v) is 6.91. The van der Waals surface area contributed by atoms with E-state index in [0.29, 0.717) is 79.2 Å². The minimum Gasteiger partial charge on any atom is -0.392 e. The number of nitrogens with zero attached hydrogens (tertiary/aromatic N) is 4. The molecule has 1 aliphatic carbocycles. The van der Waals surface area contributed by atoms with Crippen LogP contribution < -0.4 is 0 Å². The van der Waals surface area contributed by atoms with E-state index in [9.17, 15) is 10.2 Å². The van der Waals surface area contributed by atoms with Crippen molar-refractivity contribution in [1.29, 1.82) is 0 Å². The van der Waals surface area contributed by atoms with Gasteiger partial charge in [0.15, 0.2) is 0 Å². The number of aliphatic hydroxyl groups is 2. The lowest BCUT2D eigenvalue weighted by Crippen LogP contribution is -2.53. The van der Waals surface area contributed by atoms with Crippen LogP contribution >= 0.6 is 0 Å². The molecule has 12 nitrogen and oxygen atoms in total. The Hall–Kier alpha value is -3.46. The highest BCUT2D eigenvalue weighted by Crippen LogP contribution is 2.49. The molecule has 1 aliphatic rings. The highest BCUT2D eigenvalue weighted by atomic mass is 16.5. The van der Waals surface area contributed by atoms with E-state index in [1.807, 2.05) is 49.1 Å². The molecule has 0 spiro atoms. The van der Waals surface area contributed by atoms with Crippen molar-refractivity contribution in [2.75, 3.05) is 80.3 Å². The Morgan fingerprint density at radius 1 is 0.481 bits per heavy atom. The molecule has 1 saturated carbocycles. The lowest BCUT2D eigenvalue weighted by molar-refractivity contribution is -0.0840. The Labute approximate surface area is 307 Å².